The fraction of sp³-hybridized carbons (Fsp3) is 0.261. The lowest BCUT2D eigenvalue weighted by Crippen LogP contribution is -2.32. The second-order valence-electron chi connectivity index (χ2n) is 7.49. The van der Waals surface area contributed by atoms with Gasteiger partial charge in [0, 0.05) is 43.2 Å². The van der Waals surface area contributed by atoms with Crippen LogP contribution < -0.4 is 10.2 Å². The number of benzene rings is 1. The summed E-state index contributed by atoms with van der Waals surface area (Å²) in [6, 6.07) is 10.1. The molecule has 1 aliphatic rings. The van der Waals surface area contributed by atoms with Crippen LogP contribution in [-0.4, -0.2) is 23.3 Å². The molecule has 3 heterocycles. The van der Waals surface area contributed by atoms with Crippen LogP contribution in [0.5, 0.6) is 0 Å². The number of hydrogen-bond acceptors (Lipinski definition) is 4. The number of aryl methyl sites for hydroxylation is 2. The van der Waals surface area contributed by atoms with Crippen LogP contribution in [-0.2, 0) is 16.1 Å². The van der Waals surface area contributed by atoms with Gasteiger partial charge in [-0.2, -0.15) is 11.3 Å². The summed E-state index contributed by atoms with van der Waals surface area (Å²) < 4.78 is 0. The monoisotopic (exact) mass is 405 g/mol. The highest BCUT2D eigenvalue weighted by Crippen LogP contribution is 2.27. The summed E-state index contributed by atoms with van der Waals surface area (Å²) in [5.41, 5.74) is 6.30. The Balaban J connectivity index is 1.39. The molecule has 5 nitrogen and oxygen atoms in total. The van der Waals surface area contributed by atoms with Crippen LogP contribution in [0.25, 0.3) is 11.1 Å². The molecule has 1 atom stereocenters. The van der Waals surface area contributed by atoms with Gasteiger partial charge in [0.25, 0.3) is 0 Å². The third-order valence-corrected chi connectivity index (χ3v) is 6.10. The van der Waals surface area contributed by atoms with Crippen molar-refractivity contribution in [1.82, 2.24) is 10.3 Å². The van der Waals surface area contributed by atoms with Crippen molar-refractivity contribution in [2.45, 2.75) is 26.8 Å². The first-order valence-corrected chi connectivity index (χ1v) is 10.6. The zero-order chi connectivity index (χ0) is 20.4. The Hall–Kier alpha value is -2.99. The Bertz CT molecular complexity index is 1050. The highest BCUT2D eigenvalue weighted by molar-refractivity contribution is 7.08. The highest BCUT2D eigenvalue weighted by Gasteiger charge is 2.35. The minimum atomic E-state index is -0.336. The van der Waals surface area contributed by atoms with Crippen molar-refractivity contribution in [3.63, 3.8) is 0 Å². The number of nitrogens with zero attached hydrogens (tertiary/aromatic N) is 2. The van der Waals surface area contributed by atoms with Crippen LogP contribution in [0.2, 0.25) is 0 Å². The van der Waals surface area contributed by atoms with E-state index in [1.807, 2.05) is 49.7 Å². The van der Waals surface area contributed by atoms with Gasteiger partial charge in [-0.1, -0.05) is 6.07 Å². The highest BCUT2D eigenvalue weighted by atomic mass is 32.1. The first kappa shape index (κ1) is 19.3. The van der Waals surface area contributed by atoms with Crippen molar-refractivity contribution in [2.24, 2.45) is 5.92 Å². The van der Waals surface area contributed by atoms with Gasteiger partial charge < -0.3 is 10.2 Å². The molecule has 0 unspecified atom stereocenters. The third-order valence-electron chi connectivity index (χ3n) is 5.41. The number of aromatic nitrogens is 1. The van der Waals surface area contributed by atoms with Gasteiger partial charge in [-0.05, 0) is 71.1 Å². The fourth-order valence-corrected chi connectivity index (χ4v) is 4.20. The number of carbonyl (C=O) groups is 2. The summed E-state index contributed by atoms with van der Waals surface area (Å²) in [4.78, 5) is 31.1. The molecule has 1 aromatic carbocycles. The van der Waals surface area contributed by atoms with Gasteiger partial charge in [-0.3, -0.25) is 14.6 Å². The van der Waals surface area contributed by atoms with E-state index in [1.165, 1.54) is 5.56 Å². The second kappa shape index (κ2) is 8.17. The van der Waals surface area contributed by atoms with Crippen LogP contribution in [0, 0.1) is 19.8 Å². The van der Waals surface area contributed by atoms with Crippen LogP contribution in [0.15, 0.2) is 53.5 Å². The van der Waals surface area contributed by atoms with Gasteiger partial charge in [0.15, 0.2) is 0 Å². The van der Waals surface area contributed by atoms with Crippen molar-refractivity contribution in [2.75, 3.05) is 11.4 Å². The molecule has 0 saturated carbocycles. The molecule has 2 aromatic heterocycles. The minimum absolute atomic E-state index is 0.00507. The minimum Gasteiger partial charge on any atom is -0.352 e. The molecule has 29 heavy (non-hydrogen) atoms. The van der Waals surface area contributed by atoms with Gasteiger partial charge in [0.2, 0.25) is 11.8 Å². The predicted molar refractivity (Wildman–Crippen MR) is 116 cm³/mol. The molecule has 2 amide bonds. The standard InChI is InChI=1S/C23H23N3O2S/c1-15-3-4-21(7-16(15)2)26-13-20(9-22(26)27)23(28)25-11-17-8-19(12-24-10-17)18-5-6-29-14-18/h3-8,10,12,14,20H,9,11,13H2,1-2H3,(H,25,28)/t20-/m0/s1. The Kier molecular flexibility index (Phi) is 5.45. The summed E-state index contributed by atoms with van der Waals surface area (Å²) in [6.45, 7) is 4.89. The van der Waals surface area contributed by atoms with Gasteiger partial charge in [0.1, 0.15) is 0 Å². The lowest BCUT2D eigenvalue weighted by molar-refractivity contribution is -0.126. The molecule has 1 fully saturated rings. The van der Waals surface area contributed by atoms with Gasteiger partial charge >= 0.3 is 0 Å². The number of amides is 2. The molecular formula is C23H23N3O2S. The third kappa shape index (κ3) is 4.22. The van der Waals surface area contributed by atoms with Crippen molar-refractivity contribution in [3.8, 4) is 11.1 Å². The Labute approximate surface area is 174 Å². The maximum Gasteiger partial charge on any atom is 0.227 e. The number of anilines is 1. The molecule has 1 N–H and O–H groups in total. The number of carbonyl (C=O) groups excluding carboxylic acids is 2. The second-order valence-corrected chi connectivity index (χ2v) is 8.27. The molecule has 4 rings (SSSR count). The largest absolute Gasteiger partial charge is 0.352 e. The lowest BCUT2D eigenvalue weighted by atomic mass is 10.1. The fourth-order valence-electron chi connectivity index (χ4n) is 3.53. The summed E-state index contributed by atoms with van der Waals surface area (Å²) in [5.74, 6) is -0.433. The van der Waals surface area contributed by atoms with E-state index >= 15 is 0 Å². The van der Waals surface area contributed by atoms with E-state index in [4.69, 9.17) is 0 Å². The van der Waals surface area contributed by atoms with Gasteiger partial charge in [-0.25, -0.2) is 0 Å². The SMILES string of the molecule is Cc1ccc(N2C[C@@H](C(=O)NCc3cncc(-c4ccsc4)c3)CC2=O)cc1C. The molecule has 0 aliphatic carbocycles. The smallest absolute Gasteiger partial charge is 0.227 e. The van der Waals surface area contributed by atoms with E-state index in [9.17, 15) is 9.59 Å². The van der Waals surface area contributed by atoms with Crippen molar-refractivity contribution in [1.29, 1.82) is 0 Å². The average Bonchev–Trinajstić information content (AvgIpc) is 3.39. The van der Waals surface area contributed by atoms with Crippen LogP contribution in [0.1, 0.15) is 23.1 Å². The van der Waals surface area contributed by atoms with Crippen molar-refractivity contribution >= 4 is 28.8 Å². The van der Waals surface area contributed by atoms with E-state index in [0.29, 0.717) is 13.1 Å². The maximum absolute atomic E-state index is 12.7. The van der Waals surface area contributed by atoms with Crippen LogP contribution in [0.3, 0.4) is 0 Å². The molecular weight excluding hydrogens is 382 g/mol. The maximum atomic E-state index is 12.7. The van der Waals surface area contributed by atoms with Crippen molar-refractivity contribution in [3.05, 3.63) is 70.2 Å². The average molecular weight is 406 g/mol. The summed E-state index contributed by atoms with van der Waals surface area (Å²) in [7, 11) is 0. The summed E-state index contributed by atoms with van der Waals surface area (Å²) >= 11 is 1.64. The Morgan fingerprint density at radius 2 is 2.03 bits per heavy atom. The predicted octanol–water partition coefficient (Wildman–Crippen LogP) is 4.10. The van der Waals surface area contributed by atoms with E-state index in [-0.39, 0.29) is 24.2 Å². The lowest BCUT2D eigenvalue weighted by Gasteiger charge is -2.18. The molecule has 1 saturated heterocycles. The molecule has 0 radical (unpaired) electrons. The molecule has 148 valence electrons. The van der Waals surface area contributed by atoms with E-state index in [1.54, 1.807) is 22.4 Å². The van der Waals surface area contributed by atoms with E-state index in [0.717, 1.165) is 27.9 Å². The topological polar surface area (TPSA) is 62.3 Å². The number of pyridine rings is 1. The number of rotatable bonds is 5. The quantitative estimate of drug-likeness (QED) is 0.695. The number of thiophene rings is 1. The zero-order valence-corrected chi connectivity index (χ0v) is 17.3. The van der Waals surface area contributed by atoms with E-state index < -0.39 is 0 Å². The Morgan fingerprint density at radius 1 is 1.17 bits per heavy atom. The summed E-state index contributed by atoms with van der Waals surface area (Å²) in [6.07, 6.45) is 3.83. The summed E-state index contributed by atoms with van der Waals surface area (Å²) in [5, 5.41) is 7.08. The van der Waals surface area contributed by atoms with E-state index in [2.05, 4.69) is 21.7 Å². The molecule has 0 bridgehead atoms. The molecule has 3 aromatic rings. The molecule has 0 spiro atoms. The zero-order valence-electron chi connectivity index (χ0n) is 16.5. The first-order valence-electron chi connectivity index (χ1n) is 9.63. The van der Waals surface area contributed by atoms with Gasteiger partial charge in [-0.15, -0.1) is 0 Å². The van der Waals surface area contributed by atoms with Crippen LogP contribution >= 0.6 is 11.3 Å². The normalized spacial score (nSPS) is 16.3. The number of hydrogen-bond donors (Lipinski definition) is 1. The molecule has 1 aliphatic heterocycles. The number of nitrogens with one attached hydrogen (secondary N) is 1. The van der Waals surface area contributed by atoms with Crippen LogP contribution in [0.4, 0.5) is 5.69 Å². The first-order chi connectivity index (χ1) is 14.0. The van der Waals surface area contributed by atoms with Crippen molar-refractivity contribution < 1.29 is 9.59 Å². The Morgan fingerprint density at radius 3 is 2.79 bits per heavy atom. The van der Waals surface area contributed by atoms with Gasteiger partial charge in [0.05, 0.1) is 5.92 Å². The molecule has 6 heteroatoms.